The van der Waals surface area contributed by atoms with Crippen LogP contribution in [0.2, 0.25) is 0 Å². The molecule has 8 nitrogen and oxygen atoms in total. The third kappa shape index (κ3) is 5.25. The SMILES string of the molecule is CC(=O)NCCC(=O)N1CCCC[C@H]1C(=O)Nc1ccc(-n2nc(C)cc2C)cc1. The van der Waals surface area contributed by atoms with Crippen LogP contribution in [0.25, 0.3) is 5.69 Å². The fourth-order valence-corrected chi connectivity index (χ4v) is 3.79. The van der Waals surface area contributed by atoms with Gasteiger partial charge in [0.15, 0.2) is 0 Å². The number of nitrogens with zero attached hydrogens (tertiary/aromatic N) is 3. The van der Waals surface area contributed by atoms with Crippen molar-refractivity contribution in [3.63, 3.8) is 0 Å². The lowest BCUT2D eigenvalue weighted by Crippen LogP contribution is -2.50. The highest BCUT2D eigenvalue weighted by atomic mass is 16.2. The van der Waals surface area contributed by atoms with Crippen molar-refractivity contribution in [2.24, 2.45) is 0 Å². The first kappa shape index (κ1) is 21.5. The lowest BCUT2D eigenvalue weighted by molar-refractivity contribution is -0.140. The molecule has 0 unspecified atom stereocenters. The van der Waals surface area contributed by atoms with Crippen molar-refractivity contribution < 1.29 is 14.4 Å². The van der Waals surface area contributed by atoms with Crippen molar-refractivity contribution in [3.8, 4) is 5.69 Å². The minimum atomic E-state index is -0.487. The van der Waals surface area contributed by atoms with Crippen molar-refractivity contribution in [1.82, 2.24) is 20.0 Å². The van der Waals surface area contributed by atoms with Crippen LogP contribution >= 0.6 is 0 Å². The Morgan fingerprint density at radius 1 is 1.13 bits per heavy atom. The average molecular weight is 412 g/mol. The van der Waals surface area contributed by atoms with E-state index in [9.17, 15) is 14.4 Å². The van der Waals surface area contributed by atoms with Crippen LogP contribution in [-0.4, -0.2) is 51.5 Å². The minimum absolute atomic E-state index is 0.108. The van der Waals surface area contributed by atoms with Crippen LogP contribution in [0.15, 0.2) is 30.3 Å². The van der Waals surface area contributed by atoms with E-state index in [1.807, 2.05) is 48.9 Å². The third-order valence-electron chi connectivity index (χ3n) is 5.23. The zero-order chi connectivity index (χ0) is 21.7. The van der Waals surface area contributed by atoms with Crippen molar-refractivity contribution >= 4 is 23.4 Å². The topological polar surface area (TPSA) is 96.3 Å². The first-order valence-corrected chi connectivity index (χ1v) is 10.3. The molecule has 1 aliphatic rings. The molecule has 0 aliphatic carbocycles. The van der Waals surface area contributed by atoms with Gasteiger partial charge in [0.1, 0.15) is 6.04 Å². The average Bonchev–Trinajstić information content (AvgIpc) is 3.06. The highest BCUT2D eigenvalue weighted by molar-refractivity contribution is 5.97. The molecule has 0 bridgehead atoms. The summed E-state index contributed by atoms with van der Waals surface area (Å²) in [7, 11) is 0. The van der Waals surface area contributed by atoms with Crippen molar-refractivity contribution in [2.45, 2.75) is 52.5 Å². The van der Waals surface area contributed by atoms with E-state index in [0.29, 0.717) is 18.7 Å². The molecule has 0 saturated carbocycles. The standard InChI is InChI=1S/C22H29N5O3/c1-15-14-16(2)27(25-15)19-9-7-18(8-10-19)24-22(30)20-6-4-5-13-26(20)21(29)11-12-23-17(3)28/h7-10,14,20H,4-6,11-13H2,1-3H3,(H,23,28)(H,24,30)/t20-/m0/s1. The molecule has 30 heavy (non-hydrogen) atoms. The van der Waals surface area contributed by atoms with Gasteiger partial charge in [0.25, 0.3) is 0 Å². The Morgan fingerprint density at radius 3 is 2.50 bits per heavy atom. The summed E-state index contributed by atoms with van der Waals surface area (Å²) in [6.45, 7) is 6.21. The molecule has 0 spiro atoms. The number of anilines is 1. The van der Waals surface area contributed by atoms with Crippen LogP contribution < -0.4 is 10.6 Å². The molecule has 2 heterocycles. The first-order valence-electron chi connectivity index (χ1n) is 10.3. The number of amides is 3. The van der Waals surface area contributed by atoms with Crippen LogP contribution in [-0.2, 0) is 14.4 Å². The number of carbonyl (C=O) groups is 3. The molecule has 1 atom stereocenters. The van der Waals surface area contributed by atoms with Crippen LogP contribution in [0.3, 0.4) is 0 Å². The molecule has 2 N–H and O–H groups in total. The summed E-state index contributed by atoms with van der Waals surface area (Å²) in [4.78, 5) is 38.1. The summed E-state index contributed by atoms with van der Waals surface area (Å²) < 4.78 is 1.86. The van der Waals surface area contributed by atoms with Crippen LogP contribution in [0.5, 0.6) is 0 Å². The van der Waals surface area contributed by atoms with Gasteiger partial charge in [-0.25, -0.2) is 4.68 Å². The van der Waals surface area contributed by atoms with Gasteiger partial charge in [-0.1, -0.05) is 0 Å². The second-order valence-corrected chi connectivity index (χ2v) is 7.71. The molecule has 1 fully saturated rings. The van der Waals surface area contributed by atoms with Gasteiger partial charge in [0, 0.05) is 37.8 Å². The highest BCUT2D eigenvalue weighted by Crippen LogP contribution is 2.21. The molecule has 1 aromatic heterocycles. The number of hydrogen-bond acceptors (Lipinski definition) is 4. The maximum atomic E-state index is 12.9. The normalized spacial score (nSPS) is 16.2. The smallest absolute Gasteiger partial charge is 0.247 e. The number of hydrogen-bond donors (Lipinski definition) is 2. The zero-order valence-corrected chi connectivity index (χ0v) is 17.8. The van der Waals surface area contributed by atoms with Gasteiger partial charge < -0.3 is 15.5 Å². The number of rotatable bonds is 6. The monoisotopic (exact) mass is 411 g/mol. The molecule has 3 amide bonds. The summed E-state index contributed by atoms with van der Waals surface area (Å²) in [5, 5.41) is 10.0. The Labute approximate surface area is 176 Å². The molecular formula is C22H29N5O3. The van der Waals surface area contributed by atoms with E-state index in [-0.39, 0.29) is 30.7 Å². The first-order chi connectivity index (χ1) is 14.3. The Bertz CT molecular complexity index is 919. The predicted molar refractivity (Wildman–Crippen MR) is 114 cm³/mol. The molecule has 8 heteroatoms. The highest BCUT2D eigenvalue weighted by Gasteiger charge is 2.31. The molecule has 2 aromatic rings. The van der Waals surface area contributed by atoms with Gasteiger partial charge in [-0.05, 0) is 63.4 Å². The van der Waals surface area contributed by atoms with E-state index in [1.54, 1.807) is 4.90 Å². The van der Waals surface area contributed by atoms with Crippen molar-refractivity contribution in [3.05, 3.63) is 41.7 Å². The Kier molecular flexibility index (Phi) is 6.87. The lowest BCUT2D eigenvalue weighted by Gasteiger charge is -2.34. The third-order valence-corrected chi connectivity index (χ3v) is 5.23. The van der Waals surface area contributed by atoms with Gasteiger partial charge in [0.05, 0.1) is 11.4 Å². The van der Waals surface area contributed by atoms with Crippen LogP contribution in [0.1, 0.15) is 44.0 Å². The molecule has 3 rings (SSSR count). The maximum absolute atomic E-state index is 12.9. The largest absolute Gasteiger partial charge is 0.356 e. The summed E-state index contributed by atoms with van der Waals surface area (Å²) in [5.41, 5.74) is 3.60. The summed E-state index contributed by atoms with van der Waals surface area (Å²) in [6.07, 6.45) is 2.62. The summed E-state index contributed by atoms with van der Waals surface area (Å²) >= 11 is 0. The van der Waals surface area contributed by atoms with Gasteiger partial charge in [0.2, 0.25) is 17.7 Å². The van der Waals surface area contributed by atoms with Crippen LogP contribution in [0, 0.1) is 13.8 Å². The fraction of sp³-hybridized carbons (Fsp3) is 0.455. The van der Waals surface area contributed by atoms with Gasteiger partial charge >= 0.3 is 0 Å². The molecule has 1 aromatic carbocycles. The molecule has 1 saturated heterocycles. The number of carbonyl (C=O) groups excluding carboxylic acids is 3. The van der Waals surface area contributed by atoms with E-state index >= 15 is 0 Å². The number of piperidine rings is 1. The number of benzene rings is 1. The van der Waals surface area contributed by atoms with Crippen LogP contribution in [0.4, 0.5) is 5.69 Å². The number of nitrogens with one attached hydrogen (secondary N) is 2. The van der Waals surface area contributed by atoms with E-state index in [4.69, 9.17) is 0 Å². The Hall–Kier alpha value is -3.16. The lowest BCUT2D eigenvalue weighted by atomic mass is 10.0. The van der Waals surface area contributed by atoms with Crippen molar-refractivity contribution in [1.29, 1.82) is 0 Å². The maximum Gasteiger partial charge on any atom is 0.247 e. The molecule has 0 radical (unpaired) electrons. The van der Waals surface area contributed by atoms with Gasteiger partial charge in [-0.15, -0.1) is 0 Å². The van der Waals surface area contributed by atoms with E-state index < -0.39 is 6.04 Å². The molecular weight excluding hydrogens is 382 g/mol. The van der Waals surface area contributed by atoms with Crippen molar-refractivity contribution in [2.75, 3.05) is 18.4 Å². The number of aryl methyl sites for hydroxylation is 2. The zero-order valence-electron chi connectivity index (χ0n) is 17.8. The molecule has 1 aliphatic heterocycles. The molecule has 160 valence electrons. The quantitative estimate of drug-likeness (QED) is 0.763. The van der Waals surface area contributed by atoms with E-state index in [2.05, 4.69) is 15.7 Å². The second kappa shape index (κ2) is 9.56. The van der Waals surface area contributed by atoms with Gasteiger partial charge in [-0.2, -0.15) is 5.10 Å². The Morgan fingerprint density at radius 2 is 1.87 bits per heavy atom. The summed E-state index contributed by atoms with van der Waals surface area (Å²) in [6, 6.07) is 9.03. The van der Waals surface area contributed by atoms with E-state index in [0.717, 1.165) is 29.9 Å². The Balaban J connectivity index is 1.63. The van der Waals surface area contributed by atoms with Gasteiger partial charge in [-0.3, -0.25) is 14.4 Å². The second-order valence-electron chi connectivity index (χ2n) is 7.71. The predicted octanol–water partition coefficient (Wildman–Crippen LogP) is 2.33. The number of likely N-dealkylation sites (tertiary alicyclic amines) is 1. The van der Waals surface area contributed by atoms with E-state index in [1.165, 1.54) is 6.92 Å². The number of aromatic nitrogens is 2. The minimum Gasteiger partial charge on any atom is -0.356 e. The fourth-order valence-electron chi connectivity index (χ4n) is 3.79. The summed E-state index contributed by atoms with van der Waals surface area (Å²) in [5.74, 6) is -0.454.